The molecule has 0 N–H and O–H groups in total. The average molecular weight is 831 g/mol. The van der Waals surface area contributed by atoms with E-state index in [-0.39, 0.29) is 17.7 Å². The van der Waals surface area contributed by atoms with Crippen LogP contribution < -0.4 is 20.6 Å². The molecule has 0 fully saturated rings. The maximum atomic E-state index is 2.77. The Morgan fingerprint density at radius 1 is 0.415 bits per heavy atom. The lowest BCUT2D eigenvalue weighted by atomic mass is 9.42. The Bertz CT molecular complexity index is 3490. The summed E-state index contributed by atoms with van der Waals surface area (Å²) in [5.41, 5.74) is 28.0. The van der Waals surface area contributed by atoms with E-state index < -0.39 is 5.41 Å². The summed E-state index contributed by atoms with van der Waals surface area (Å²) in [4.78, 5) is 5.45. The molecule has 0 radical (unpaired) electrons. The van der Waals surface area contributed by atoms with Gasteiger partial charge in [0.2, 0.25) is 0 Å². The fraction of sp³-hybridized carbons (Fsp3) is 0.129. The van der Waals surface area contributed by atoms with Crippen molar-refractivity contribution in [2.45, 2.75) is 50.9 Å². The standard InChI is InChI=1S/C62H47BN2/c1-60(2,3)40-36-46-44-34-33-39(38-19-7-6-8-20-38)35-55(44)65(54-32-17-24-45-43-23-9-12-25-47(43)61(4,5)57(45)54)63-52-30-18-29-51-59(52)64(56(37-40)58(46)63)53-31-16-15-28-50(53)62(51)48-26-13-10-21-41(48)42-22-11-14-27-49(42)62/h6-37H,1-5H3. The number of nitrogens with zero attached hydrogens (tertiary/aromatic N) is 2. The van der Waals surface area contributed by atoms with Gasteiger partial charge in [0.1, 0.15) is 0 Å². The molecule has 3 aliphatic heterocycles. The van der Waals surface area contributed by atoms with Crippen LogP contribution in [-0.2, 0) is 16.2 Å². The maximum absolute atomic E-state index is 2.77. The summed E-state index contributed by atoms with van der Waals surface area (Å²) < 4.78 is 0. The van der Waals surface area contributed by atoms with Gasteiger partial charge in [-0.05, 0) is 118 Å². The van der Waals surface area contributed by atoms with E-state index in [1.54, 1.807) is 0 Å². The minimum absolute atomic E-state index is 0.0992. The molecule has 14 rings (SSSR count). The third-order valence-corrected chi connectivity index (χ3v) is 15.8. The quantitative estimate of drug-likeness (QED) is 0.160. The molecule has 2 aliphatic carbocycles. The van der Waals surface area contributed by atoms with E-state index in [4.69, 9.17) is 0 Å². The molecule has 3 heterocycles. The number of hydrogen-bond acceptors (Lipinski definition) is 2. The van der Waals surface area contributed by atoms with Gasteiger partial charge in [-0.3, -0.25) is 0 Å². The van der Waals surface area contributed by atoms with Crippen LogP contribution in [0.5, 0.6) is 0 Å². The number of benzene rings is 9. The minimum Gasteiger partial charge on any atom is -0.376 e. The minimum atomic E-state index is -0.511. The van der Waals surface area contributed by atoms with E-state index in [2.05, 4.69) is 238 Å². The Morgan fingerprint density at radius 3 is 1.72 bits per heavy atom. The van der Waals surface area contributed by atoms with E-state index in [0.717, 1.165) is 0 Å². The van der Waals surface area contributed by atoms with Gasteiger partial charge < -0.3 is 9.71 Å². The predicted molar refractivity (Wildman–Crippen MR) is 273 cm³/mol. The SMILES string of the molecule is CC(C)(C)c1cc2c3c(c1)N1c4ccccc4C4(c5ccccc5-c5ccccc54)c4cccc(c41)B3N(c1cccc3c1C(C)(C)c1ccccc1-3)c1cc(-c3ccccc3)ccc1-2. The first-order chi connectivity index (χ1) is 31.7. The maximum Gasteiger partial charge on any atom is 0.333 e. The van der Waals surface area contributed by atoms with Crippen molar-refractivity contribution in [1.29, 1.82) is 0 Å². The van der Waals surface area contributed by atoms with Crippen LogP contribution in [0.4, 0.5) is 28.4 Å². The highest BCUT2D eigenvalue weighted by atomic mass is 15.2. The third-order valence-electron chi connectivity index (χ3n) is 15.8. The van der Waals surface area contributed by atoms with Crippen molar-refractivity contribution < 1.29 is 0 Å². The number of para-hydroxylation sites is 2. The zero-order valence-electron chi connectivity index (χ0n) is 37.4. The van der Waals surface area contributed by atoms with Crippen LogP contribution in [0.15, 0.2) is 194 Å². The second-order valence-electron chi connectivity index (χ2n) is 20.4. The van der Waals surface area contributed by atoms with Crippen molar-refractivity contribution in [3.05, 3.63) is 233 Å². The molecule has 65 heavy (non-hydrogen) atoms. The highest BCUT2D eigenvalue weighted by Crippen LogP contribution is 2.64. The van der Waals surface area contributed by atoms with Crippen molar-refractivity contribution in [2.24, 2.45) is 0 Å². The van der Waals surface area contributed by atoms with Crippen LogP contribution in [0.2, 0.25) is 0 Å². The van der Waals surface area contributed by atoms with E-state index >= 15 is 0 Å². The smallest absolute Gasteiger partial charge is 0.333 e. The lowest BCUT2D eigenvalue weighted by Gasteiger charge is -2.52. The van der Waals surface area contributed by atoms with Crippen molar-refractivity contribution in [2.75, 3.05) is 9.71 Å². The second kappa shape index (κ2) is 12.7. The summed E-state index contributed by atoms with van der Waals surface area (Å²) in [6, 6.07) is 74.4. The first-order valence-corrected chi connectivity index (χ1v) is 23.3. The molecule has 0 bridgehead atoms. The fourth-order valence-electron chi connectivity index (χ4n) is 13.0. The number of rotatable bonds is 2. The molecular formula is C62H47BN2. The molecule has 0 unspecified atom stereocenters. The van der Waals surface area contributed by atoms with E-state index in [1.807, 2.05) is 0 Å². The van der Waals surface area contributed by atoms with Crippen LogP contribution in [0, 0.1) is 0 Å². The highest BCUT2D eigenvalue weighted by Gasteiger charge is 2.56. The summed E-state index contributed by atoms with van der Waals surface area (Å²) in [6.45, 7) is 11.9. The average Bonchev–Trinajstić information content (AvgIpc) is 3.76. The van der Waals surface area contributed by atoms with Gasteiger partial charge in [0.25, 0.3) is 0 Å². The summed E-state index contributed by atoms with van der Waals surface area (Å²) in [6.07, 6.45) is 0. The Hall–Kier alpha value is -7.36. The van der Waals surface area contributed by atoms with Gasteiger partial charge in [0.15, 0.2) is 0 Å². The molecule has 308 valence electrons. The molecule has 3 heteroatoms. The zero-order valence-corrected chi connectivity index (χ0v) is 37.4. The van der Waals surface area contributed by atoms with Crippen molar-refractivity contribution in [3.8, 4) is 44.5 Å². The molecule has 9 aromatic rings. The van der Waals surface area contributed by atoms with Gasteiger partial charge in [-0.15, -0.1) is 0 Å². The Balaban J connectivity index is 1.15. The largest absolute Gasteiger partial charge is 0.376 e. The van der Waals surface area contributed by atoms with Crippen LogP contribution in [0.25, 0.3) is 44.5 Å². The zero-order chi connectivity index (χ0) is 43.6. The van der Waals surface area contributed by atoms with Crippen LogP contribution in [-0.4, -0.2) is 6.85 Å². The van der Waals surface area contributed by atoms with Crippen LogP contribution in [0.1, 0.15) is 73.6 Å². The Kier molecular flexibility index (Phi) is 7.23. The molecule has 9 aromatic carbocycles. The third kappa shape index (κ3) is 4.61. The lowest BCUT2D eigenvalue weighted by Crippen LogP contribution is -2.63. The molecule has 0 atom stereocenters. The first-order valence-electron chi connectivity index (χ1n) is 23.3. The van der Waals surface area contributed by atoms with Crippen molar-refractivity contribution in [3.63, 3.8) is 0 Å². The summed E-state index contributed by atoms with van der Waals surface area (Å²) in [5.74, 6) is 0. The molecule has 0 saturated heterocycles. The van der Waals surface area contributed by atoms with Gasteiger partial charge in [0, 0.05) is 33.7 Å². The lowest BCUT2D eigenvalue weighted by molar-refractivity contribution is 0.590. The van der Waals surface area contributed by atoms with Crippen LogP contribution >= 0.6 is 0 Å². The molecular weight excluding hydrogens is 784 g/mol. The number of hydrogen-bond donors (Lipinski definition) is 0. The van der Waals surface area contributed by atoms with E-state index in [9.17, 15) is 0 Å². The number of anilines is 5. The molecule has 0 amide bonds. The van der Waals surface area contributed by atoms with E-state index in [0.29, 0.717) is 0 Å². The second-order valence-corrected chi connectivity index (χ2v) is 20.4. The predicted octanol–water partition coefficient (Wildman–Crippen LogP) is 14.3. The fourth-order valence-corrected chi connectivity index (χ4v) is 13.0. The molecule has 0 saturated carbocycles. The Morgan fingerprint density at radius 2 is 1.00 bits per heavy atom. The van der Waals surface area contributed by atoms with Gasteiger partial charge in [0.05, 0.1) is 11.1 Å². The monoisotopic (exact) mass is 830 g/mol. The molecule has 1 spiro atoms. The van der Waals surface area contributed by atoms with E-state index in [1.165, 1.54) is 123 Å². The summed E-state index contributed by atoms with van der Waals surface area (Å²) in [7, 11) is 0. The summed E-state index contributed by atoms with van der Waals surface area (Å²) >= 11 is 0. The molecule has 5 aliphatic rings. The normalized spacial score (nSPS) is 15.6. The topological polar surface area (TPSA) is 6.48 Å². The van der Waals surface area contributed by atoms with Crippen LogP contribution in [0.3, 0.4) is 0 Å². The molecule has 0 aromatic heterocycles. The summed E-state index contributed by atoms with van der Waals surface area (Å²) in [5, 5.41) is 0. The van der Waals surface area contributed by atoms with Gasteiger partial charge >= 0.3 is 6.85 Å². The van der Waals surface area contributed by atoms with Crippen molar-refractivity contribution >= 4 is 46.2 Å². The van der Waals surface area contributed by atoms with Gasteiger partial charge in [-0.2, -0.15) is 0 Å². The first kappa shape index (κ1) is 37.1. The Labute approximate surface area is 382 Å². The van der Waals surface area contributed by atoms with Gasteiger partial charge in [-0.25, -0.2) is 0 Å². The highest BCUT2D eigenvalue weighted by molar-refractivity contribution is 6.93. The van der Waals surface area contributed by atoms with Crippen molar-refractivity contribution in [1.82, 2.24) is 0 Å². The molecule has 2 nitrogen and oxygen atoms in total. The van der Waals surface area contributed by atoms with Gasteiger partial charge in [-0.1, -0.05) is 204 Å². The number of fused-ring (bicyclic) bond motifs is 16.